The first-order valence-corrected chi connectivity index (χ1v) is 7.36. The van der Waals surface area contributed by atoms with Crippen molar-refractivity contribution in [1.82, 2.24) is 10.3 Å². The van der Waals surface area contributed by atoms with Crippen molar-refractivity contribution in [3.8, 4) is 0 Å². The Morgan fingerprint density at radius 3 is 2.68 bits per heavy atom. The molecule has 7 heteroatoms. The molecule has 5 N–H and O–H groups in total. The second kappa shape index (κ2) is 5.75. The van der Waals surface area contributed by atoms with Gasteiger partial charge in [-0.2, -0.15) is 0 Å². The lowest BCUT2D eigenvalue weighted by atomic mass is 10.1. The number of aromatic nitrogens is 1. The second-order valence-electron chi connectivity index (χ2n) is 5.16. The van der Waals surface area contributed by atoms with Crippen LogP contribution < -0.4 is 21.7 Å². The van der Waals surface area contributed by atoms with Crippen LogP contribution in [0.15, 0.2) is 0 Å². The zero-order valence-corrected chi connectivity index (χ0v) is 12.2. The maximum atomic E-state index is 12.0. The van der Waals surface area contributed by atoms with E-state index in [2.05, 4.69) is 15.2 Å². The standard InChI is InChI=1S/C12H21N5OS/c1-7(2)15-11(18)9-10(14)16-12(19-9)17-5-3-8(13)4-6-17/h7-8H,3-6,13-14H2,1-2H3,(H,15,18). The van der Waals surface area contributed by atoms with E-state index in [1.807, 2.05) is 13.8 Å². The number of thiazole rings is 1. The minimum absolute atomic E-state index is 0.0884. The Kier molecular flexibility index (Phi) is 4.26. The minimum Gasteiger partial charge on any atom is -0.382 e. The Morgan fingerprint density at radius 1 is 1.47 bits per heavy atom. The maximum absolute atomic E-state index is 12.0. The molecule has 6 nitrogen and oxygen atoms in total. The van der Waals surface area contributed by atoms with E-state index < -0.39 is 0 Å². The zero-order chi connectivity index (χ0) is 14.0. The van der Waals surface area contributed by atoms with Crippen molar-refractivity contribution in [3.63, 3.8) is 0 Å². The van der Waals surface area contributed by atoms with Gasteiger partial charge in [-0.25, -0.2) is 4.98 Å². The van der Waals surface area contributed by atoms with Gasteiger partial charge in [-0.15, -0.1) is 0 Å². The van der Waals surface area contributed by atoms with Gasteiger partial charge in [0.2, 0.25) is 0 Å². The van der Waals surface area contributed by atoms with Crippen molar-refractivity contribution in [1.29, 1.82) is 0 Å². The molecule has 1 aromatic heterocycles. The summed E-state index contributed by atoms with van der Waals surface area (Å²) in [5.41, 5.74) is 11.7. The highest BCUT2D eigenvalue weighted by molar-refractivity contribution is 7.18. The number of amides is 1. The van der Waals surface area contributed by atoms with Crippen molar-refractivity contribution in [3.05, 3.63) is 4.88 Å². The van der Waals surface area contributed by atoms with Gasteiger partial charge in [0.15, 0.2) is 5.13 Å². The van der Waals surface area contributed by atoms with Gasteiger partial charge >= 0.3 is 0 Å². The molecule has 0 aromatic carbocycles. The molecule has 2 heterocycles. The highest BCUT2D eigenvalue weighted by Crippen LogP contribution is 2.29. The summed E-state index contributed by atoms with van der Waals surface area (Å²) in [7, 11) is 0. The number of hydrogen-bond donors (Lipinski definition) is 3. The smallest absolute Gasteiger partial charge is 0.265 e. The number of nitrogens with two attached hydrogens (primary N) is 2. The monoisotopic (exact) mass is 283 g/mol. The molecule has 1 saturated heterocycles. The molecule has 1 aliphatic heterocycles. The SMILES string of the molecule is CC(C)NC(=O)c1sc(N2CCC(N)CC2)nc1N. The molecule has 0 bridgehead atoms. The summed E-state index contributed by atoms with van der Waals surface area (Å²) in [6.45, 7) is 5.59. The summed E-state index contributed by atoms with van der Waals surface area (Å²) in [6.07, 6.45) is 1.90. The summed E-state index contributed by atoms with van der Waals surface area (Å²) >= 11 is 1.35. The van der Waals surface area contributed by atoms with E-state index >= 15 is 0 Å². The molecule has 0 unspecified atom stereocenters. The van der Waals surface area contributed by atoms with Gasteiger partial charge < -0.3 is 21.7 Å². The van der Waals surface area contributed by atoms with Crippen LogP contribution in [-0.2, 0) is 0 Å². The molecule has 19 heavy (non-hydrogen) atoms. The normalized spacial score (nSPS) is 16.9. The van der Waals surface area contributed by atoms with Crippen LogP contribution in [0.3, 0.4) is 0 Å². The van der Waals surface area contributed by atoms with Crippen LogP contribution >= 0.6 is 11.3 Å². The fourth-order valence-corrected chi connectivity index (χ4v) is 2.98. The average molecular weight is 283 g/mol. The molecule has 1 fully saturated rings. The third-order valence-corrected chi connectivity index (χ3v) is 4.21. The van der Waals surface area contributed by atoms with Gasteiger partial charge in [0.1, 0.15) is 10.7 Å². The Labute approximate surface area is 117 Å². The molecule has 0 atom stereocenters. The molecule has 1 amide bonds. The third kappa shape index (κ3) is 3.36. The van der Waals surface area contributed by atoms with E-state index in [0.29, 0.717) is 10.7 Å². The summed E-state index contributed by atoms with van der Waals surface area (Å²) in [4.78, 5) is 18.9. The van der Waals surface area contributed by atoms with Crippen LogP contribution in [0.25, 0.3) is 0 Å². The number of carbonyl (C=O) groups is 1. The van der Waals surface area contributed by atoms with E-state index in [0.717, 1.165) is 31.1 Å². The third-order valence-electron chi connectivity index (χ3n) is 3.08. The Morgan fingerprint density at radius 2 is 2.11 bits per heavy atom. The van der Waals surface area contributed by atoms with Gasteiger partial charge in [0, 0.05) is 25.2 Å². The van der Waals surface area contributed by atoms with Crippen molar-refractivity contribution >= 4 is 28.2 Å². The molecule has 1 aliphatic rings. The zero-order valence-electron chi connectivity index (χ0n) is 11.3. The lowest BCUT2D eigenvalue weighted by molar-refractivity contribution is 0.0948. The maximum Gasteiger partial charge on any atom is 0.265 e. The number of hydrogen-bond acceptors (Lipinski definition) is 6. The van der Waals surface area contributed by atoms with Crippen molar-refractivity contribution < 1.29 is 4.79 Å². The van der Waals surface area contributed by atoms with Crippen molar-refractivity contribution in [2.45, 2.75) is 38.8 Å². The van der Waals surface area contributed by atoms with Gasteiger partial charge in [0.25, 0.3) is 5.91 Å². The van der Waals surface area contributed by atoms with Gasteiger partial charge in [-0.1, -0.05) is 11.3 Å². The van der Waals surface area contributed by atoms with E-state index in [9.17, 15) is 4.79 Å². The van der Waals surface area contributed by atoms with Gasteiger partial charge in [0.05, 0.1) is 0 Å². The number of nitrogens with zero attached hydrogens (tertiary/aromatic N) is 2. The molecular formula is C12H21N5OS. The average Bonchev–Trinajstić information content (AvgIpc) is 2.71. The predicted molar refractivity (Wildman–Crippen MR) is 78.6 cm³/mol. The summed E-state index contributed by atoms with van der Waals surface area (Å²) < 4.78 is 0. The molecular weight excluding hydrogens is 262 g/mol. The topological polar surface area (TPSA) is 97.3 Å². The van der Waals surface area contributed by atoms with Crippen molar-refractivity contribution in [2.24, 2.45) is 5.73 Å². The van der Waals surface area contributed by atoms with Crippen molar-refractivity contribution in [2.75, 3.05) is 23.7 Å². The number of carbonyl (C=O) groups excluding carboxylic acids is 1. The molecule has 0 saturated carbocycles. The van der Waals surface area contributed by atoms with E-state index in [4.69, 9.17) is 11.5 Å². The summed E-state index contributed by atoms with van der Waals surface area (Å²) in [5, 5.41) is 3.65. The van der Waals surface area contributed by atoms with Crippen LogP contribution in [0.1, 0.15) is 36.4 Å². The Bertz CT molecular complexity index is 451. The second-order valence-corrected chi connectivity index (χ2v) is 6.14. The lowest BCUT2D eigenvalue weighted by Crippen LogP contribution is -2.39. The van der Waals surface area contributed by atoms with Crippen LogP contribution in [0.5, 0.6) is 0 Å². The number of nitrogen functional groups attached to an aromatic ring is 1. The molecule has 2 rings (SSSR count). The molecule has 0 spiro atoms. The lowest BCUT2D eigenvalue weighted by Gasteiger charge is -2.29. The summed E-state index contributed by atoms with van der Waals surface area (Å²) in [6, 6.07) is 0.364. The van der Waals surface area contributed by atoms with E-state index in [1.54, 1.807) is 0 Å². The minimum atomic E-state index is -0.148. The quantitative estimate of drug-likeness (QED) is 0.762. The predicted octanol–water partition coefficient (Wildman–Crippen LogP) is 0.791. The number of piperidine rings is 1. The van der Waals surface area contributed by atoms with Gasteiger partial charge in [-0.3, -0.25) is 4.79 Å². The first-order chi connectivity index (χ1) is 8.97. The Balaban J connectivity index is 2.10. The number of anilines is 2. The molecule has 1 aromatic rings. The van der Waals surface area contributed by atoms with Crippen LogP contribution in [0.2, 0.25) is 0 Å². The van der Waals surface area contributed by atoms with Crippen LogP contribution in [0, 0.1) is 0 Å². The van der Waals surface area contributed by atoms with E-state index in [1.165, 1.54) is 11.3 Å². The first-order valence-electron chi connectivity index (χ1n) is 6.55. The van der Waals surface area contributed by atoms with Gasteiger partial charge in [-0.05, 0) is 26.7 Å². The highest BCUT2D eigenvalue weighted by atomic mass is 32.1. The molecule has 0 radical (unpaired) electrons. The van der Waals surface area contributed by atoms with Crippen LogP contribution in [-0.4, -0.2) is 36.1 Å². The van der Waals surface area contributed by atoms with E-state index in [-0.39, 0.29) is 18.0 Å². The number of nitrogens with one attached hydrogen (secondary N) is 1. The molecule has 106 valence electrons. The fraction of sp³-hybridized carbons (Fsp3) is 0.667. The summed E-state index contributed by atoms with van der Waals surface area (Å²) in [5.74, 6) is 0.165. The first kappa shape index (κ1) is 14.1. The highest BCUT2D eigenvalue weighted by Gasteiger charge is 2.23. The largest absolute Gasteiger partial charge is 0.382 e. The molecule has 0 aliphatic carbocycles. The Hall–Kier alpha value is -1.34. The number of rotatable bonds is 3. The van der Waals surface area contributed by atoms with Crippen LogP contribution in [0.4, 0.5) is 10.9 Å². The fourth-order valence-electron chi connectivity index (χ4n) is 2.04.